The second-order valence-electron chi connectivity index (χ2n) is 7.25. The summed E-state index contributed by atoms with van der Waals surface area (Å²) in [4.78, 5) is 13.0. The molecule has 3 aromatic carbocycles. The highest BCUT2D eigenvalue weighted by Gasteiger charge is 2.21. The molecule has 30 heavy (non-hydrogen) atoms. The zero-order valence-electron chi connectivity index (χ0n) is 17.3. The van der Waals surface area contributed by atoms with Crippen LogP contribution in [0, 0.1) is 13.8 Å². The van der Waals surface area contributed by atoms with Gasteiger partial charge in [0.05, 0.1) is 16.6 Å². The highest BCUT2D eigenvalue weighted by atomic mass is 32.2. The number of carbonyl (C=O) groups excluding carboxylic acids is 1. The van der Waals surface area contributed by atoms with E-state index in [0.717, 1.165) is 17.5 Å². The Labute approximate surface area is 178 Å². The van der Waals surface area contributed by atoms with E-state index in [0.29, 0.717) is 16.8 Å². The molecular formula is C24H26N2O3S. The summed E-state index contributed by atoms with van der Waals surface area (Å²) in [6, 6.07) is 21.5. The van der Waals surface area contributed by atoms with E-state index in [2.05, 4.69) is 10.0 Å². The Hall–Kier alpha value is -3.12. The Kier molecular flexibility index (Phi) is 6.57. The largest absolute Gasteiger partial charge is 0.345 e. The molecular weight excluding hydrogens is 396 g/mol. The molecule has 0 saturated carbocycles. The molecule has 156 valence electrons. The van der Waals surface area contributed by atoms with E-state index >= 15 is 0 Å². The lowest BCUT2D eigenvalue weighted by Gasteiger charge is -2.18. The maximum absolute atomic E-state index is 13.0. The van der Waals surface area contributed by atoms with Crippen LogP contribution in [0.3, 0.4) is 0 Å². The second kappa shape index (κ2) is 9.13. The lowest BCUT2D eigenvalue weighted by Crippen LogP contribution is -2.28. The lowest BCUT2D eigenvalue weighted by molar-refractivity contribution is 0.0935. The van der Waals surface area contributed by atoms with Crippen molar-refractivity contribution in [1.29, 1.82) is 0 Å². The van der Waals surface area contributed by atoms with Crippen LogP contribution in [-0.2, 0) is 10.0 Å². The molecule has 1 atom stereocenters. The highest BCUT2D eigenvalue weighted by Crippen LogP contribution is 2.23. The number of amides is 1. The fraction of sp³-hybridized carbons (Fsp3) is 0.208. The third kappa shape index (κ3) is 4.89. The van der Waals surface area contributed by atoms with E-state index in [-0.39, 0.29) is 16.8 Å². The minimum Gasteiger partial charge on any atom is -0.345 e. The molecule has 0 radical (unpaired) electrons. The number of hydrogen-bond acceptors (Lipinski definition) is 3. The first kappa shape index (κ1) is 21.6. The molecule has 0 saturated heterocycles. The van der Waals surface area contributed by atoms with Crippen molar-refractivity contribution in [3.63, 3.8) is 0 Å². The van der Waals surface area contributed by atoms with Crippen LogP contribution in [0.5, 0.6) is 0 Å². The Morgan fingerprint density at radius 1 is 0.900 bits per heavy atom. The lowest BCUT2D eigenvalue weighted by atomic mass is 10.0. The number of para-hydroxylation sites is 1. The molecule has 0 aromatic heterocycles. The van der Waals surface area contributed by atoms with Gasteiger partial charge in [-0.3, -0.25) is 9.52 Å². The van der Waals surface area contributed by atoms with Crippen molar-refractivity contribution in [3.8, 4) is 0 Å². The third-order valence-electron chi connectivity index (χ3n) is 5.04. The van der Waals surface area contributed by atoms with Gasteiger partial charge >= 0.3 is 0 Å². The van der Waals surface area contributed by atoms with E-state index in [9.17, 15) is 13.2 Å². The fourth-order valence-corrected chi connectivity index (χ4v) is 4.67. The van der Waals surface area contributed by atoms with Gasteiger partial charge in [0.15, 0.2) is 0 Å². The van der Waals surface area contributed by atoms with Gasteiger partial charge in [-0.05, 0) is 55.2 Å². The molecule has 0 fully saturated rings. The van der Waals surface area contributed by atoms with E-state index in [1.165, 1.54) is 6.07 Å². The molecule has 2 N–H and O–H groups in total. The number of sulfonamides is 1. The Bertz CT molecular complexity index is 1140. The van der Waals surface area contributed by atoms with Crippen molar-refractivity contribution in [2.24, 2.45) is 0 Å². The zero-order valence-corrected chi connectivity index (χ0v) is 18.2. The predicted molar refractivity (Wildman–Crippen MR) is 120 cm³/mol. The van der Waals surface area contributed by atoms with Crippen molar-refractivity contribution in [3.05, 3.63) is 95.1 Å². The summed E-state index contributed by atoms with van der Waals surface area (Å²) in [7, 11) is -3.84. The smallest absolute Gasteiger partial charge is 0.262 e. The van der Waals surface area contributed by atoms with Gasteiger partial charge in [-0.15, -0.1) is 0 Å². The number of nitrogens with one attached hydrogen (secondary N) is 2. The molecule has 0 heterocycles. The number of anilines is 1. The molecule has 5 nitrogen and oxygen atoms in total. The van der Waals surface area contributed by atoms with Crippen molar-refractivity contribution >= 4 is 21.6 Å². The summed E-state index contributed by atoms with van der Waals surface area (Å²) in [5.74, 6) is -0.307. The number of aryl methyl sites for hydroxylation is 2. The van der Waals surface area contributed by atoms with E-state index in [1.54, 1.807) is 31.2 Å². The normalized spacial score (nSPS) is 12.2. The van der Waals surface area contributed by atoms with Crippen LogP contribution in [0.25, 0.3) is 0 Å². The topological polar surface area (TPSA) is 75.3 Å². The standard InChI is InChI=1S/C24H26N2O3S/c1-4-21(19-11-6-5-7-12-19)25-24(27)20-15-14-18(3)23(16-20)30(28,29)26-22-13-9-8-10-17(22)2/h5-16,21,26H,4H2,1-3H3,(H,25,27)/t21-/m1/s1. The molecule has 3 rings (SSSR count). The summed E-state index contributed by atoms with van der Waals surface area (Å²) in [5.41, 5.74) is 3.22. The van der Waals surface area contributed by atoms with Crippen LogP contribution in [0.2, 0.25) is 0 Å². The van der Waals surface area contributed by atoms with Crippen molar-refractivity contribution in [2.45, 2.75) is 38.1 Å². The van der Waals surface area contributed by atoms with Gasteiger partial charge in [0, 0.05) is 5.56 Å². The monoisotopic (exact) mass is 422 g/mol. The van der Waals surface area contributed by atoms with Gasteiger partial charge < -0.3 is 5.32 Å². The minimum atomic E-state index is -3.84. The van der Waals surface area contributed by atoms with Crippen LogP contribution in [0.4, 0.5) is 5.69 Å². The summed E-state index contributed by atoms with van der Waals surface area (Å²) in [5, 5.41) is 3.00. The molecule has 3 aromatic rings. The zero-order chi connectivity index (χ0) is 21.7. The second-order valence-corrected chi connectivity index (χ2v) is 8.90. The molecule has 0 spiro atoms. The molecule has 1 amide bonds. The molecule has 0 unspecified atom stereocenters. The summed E-state index contributed by atoms with van der Waals surface area (Å²) in [6.45, 7) is 5.55. The van der Waals surface area contributed by atoms with Crippen molar-refractivity contribution in [1.82, 2.24) is 5.32 Å². The van der Waals surface area contributed by atoms with E-state index < -0.39 is 10.0 Å². The van der Waals surface area contributed by atoms with Gasteiger partial charge in [0.1, 0.15) is 0 Å². The van der Waals surface area contributed by atoms with Gasteiger partial charge in [0.2, 0.25) is 0 Å². The molecule has 0 aliphatic rings. The first-order valence-corrected chi connectivity index (χ1v) is 11.3. The molecule has 0 bridgehead atoms. The molecule has 6 heteroatoms. The average molecular weight is 423 g/mol. The first-order valence-electron chi connectivity index (χ1n) is 9.86. The number of carbonyl (C=O) groups is 1. The maximum atomic E-state index is 13.0. The summed E-state index contributed by atoms with van der Waals surface area (Å²) in [6.07, 6.45) is 0.724. The summed E-state index contributed by atoms with van der Waals surface area (Å²) >= 11 is 0. The minimum absolute atomic E-state index is 0.0890. The summed E-state index contributed by atoms with van der Waals surface area (Å²) < 4.78 is 28.6. The number of benzene rings is 3. The van der Waals surface area contributed by atoms with Crippen LogP contribution >= 0.6 is 0 Å². The van der Waals surface area contributed by atoms with Crippen LogP contribution in [-0.4, -0.2) is 14.3 Å². The van der Waals surface area contributed by atoms with Gasteiger partial charge in [-0.2, -0.15) is 0 Å². The van der Waals surface area contributed by atoms with Crippen LogP contribution in [0.15, 0.2) is 77.7 Å². The van der Waals surface area contributed by atoms with E-state index in [4.69, 9.17) is 0 Å². The fourth-order valence-electron chi connectivity index (χ4n) is 3.27. The Morgan fingerprint density at radius 3 is 2.23 bits per heavy atom. The third-order valence-corrected chi connectivity index (χ3v) is 6.55. The number of hydrogen-bond donors (Lipinski definition) is 2. The predicted octanol–water partition coefficient (Wildman–Crippen LogP) is 4.99. The van der Waals surface area contributed by atoms with Crippen LogP contribution in [0.1, 0.15) is 46.4 Å². The van der Waals surface area contributed by atoms with Gasteiger partial charge in [-0.1, -0.05) is 61.5 Å². The van der Waals surface area contributed by atoms with Crippen LogP contribution < -0.4 is 10.0 Å². The SMILES string of the molecule is CC[C@@H](NC(=O)c1ccc(C)c(S(=O)(=O)Nc2ccccc2C)c1)c1ccccc1. The van der Waals surface area contributed by atoms with Gasteiger partial charge in [-0.25, -0.2) is 8.42 Å². The van der Waals surface area contributed by atoms with E-state index in [1.807, 2.05) is 56.3 Å². The van der Waals surface area contributed by atoms with Gasteiger partial charge in [0.25, 0.3) is 15.9 Å². The average Bonchev–Trinajstić information content (AvgIpc) is 2.74. The Balaban J connectivity index is 1.87. The van der Waals surface area contributed by atoms with Crippen molar-refractivity contribution < 1.29 is 13.2 Å². The van der Waals surface area contributed by atoms with Crippen molar-refractivity contribution in [2.75, 3.05) is 4.72 Å². The molecule has 0 aliphatic carbocycles. The molecule has 0 aliphatic heterocycles. The number of rotatable bonds is 7. The first-order chi connectivity index (χ1) is 14.3. The maximum Gasteiger partial charge on any atom is 0.262 e. The quantitative estimate of drug-likeness (QED) is 0.563. The highest BCUT2D eigenvalue weighted by molar-refractivity contribution is 7.92. The Morgan fingerprint density at radius 2 is 1.57 bits per heavy atom.